The summed E-state index contributed by atoms with van der Waals surface area (Å²) in [5.74, 6) is -1.40. The number of fused-ring (bicyclic) bond motifs is 1. The van der Waals surface area contributed by atoms with Crippen LogP contribution in [0.15, 0.2) is 60.7 Å². The lowest BCUT2D eigenvalue weighted by atomic mass is 10.2. The van der Waals surface area contributed by atoms with Crippen LogP contribution >= 0.6 is 11.3 Å². The average molecular weight is 394 g/mol. The number of benzene rings is 2. The molecule has 0 saturated heterocycles. The van der Waals surface area contributed by atoms with Crippen LogP contribution in [0.3, 0.4) is 0 Å². The Morgan fingerprint density at radius 3 is 2.39 bits per heavy atom. The molecular formula is C20H15FN4O2S. The van der Waals surface area contributed by atoms with Crippen molar-refractivity contribution in [2.75, 3.05) is 0 Å². The molecule has 6 nitrogen and oxygen atoms in total. The summed E-state index contributed by atoms with van der Waals surface area (Å²) >= 11 is 1.28. The van der Waals surface area contributed by atoms with Gasteiger partial charge < -0.3 is 0 Å². The average Bonchev–Trinajstić information content (AvgIpc) is 3.28. The molecule has 0 aliphatic heterocycles. The van der Waals surface area contributed by atoms with Gasteiger partial charge in [0.15, 0.2) is 0 Å². The third-order valence-corrected chi connectivity index (χ3v) is 5.27. The lowest BCUT2D eigenvalue weighted by Gasteiger charge is -2.06. The molecule has 2 aromatic carbocycles. The van der Waals surface area contributed by atoms with Crippen LogP contribution in [0.2, 0.25) is 0 Å². The molecule has 4 aromatic rings. The van der Waals surface area contributed by atoms with Crippen molar-refractivity contribution >= 4 is 33.4 Å². The minimum Gasteiger partial charge on any atom is -0.267 e. The first kappa shape index (κ1) is 17.9. The Morgan fingerprint density at radius 2 is 1.68 bits per heavy atom. The van der Waals surface area contributed by atoms with Crippen LogP contribution in [-0.4, -0.2) is 21.6 Å². The van der Waals surface area contributed by atoms with Crippen molar-refractivity contribution < 1.29 is 14.0 Å². The number of carbonyl (C=O) groups is 2. The SMILES string of the molecule is Cc1nn(-c2ccccc2)c2sc(C(=O)NNC(=O)c3ccc(F)cc3)cc12. The number of aryl methyl sites for hydroxylation is 1. The maximum absolute atomic E-state index is 12.9. The van der Waals surface area contributed by atoms with Gasteiger partial charge in [0.2, 0.25) is 0 Å². The third kappa shape index (κ3) is 3.37. The highest BCUT2D eigenvalue weighted by Gasteiger charge is 2.17. The van der Waals surface area contributed by atoms with E-state index in [1.165, 1.54) is 35.6 Å². The normalized spacial score (nSPS) is 10.8. The lowest BCUT2D eigenvalue weighted by Crippen LogP contribution is -2.41. The van der Waals surface area contributed by atoms with Gasteiger partial charge in [0.1, 0.15) is 10.6 Å². The molecule has 0 radical (unpaired) electrons. The van der Waals surface area contributed by atoms with Gasteiger partial charge in [0, 0.05) is 10.9 Å². The van der Waals surface area contributed by atoms with Gasteiger partial charge in [-0.05, 0) is 49.4 Å². The molecule has 0 atom stereocenters. The molecule has 2 amide bonds. The molecule has 28 heavy (non-hydrogen) atoms. The number of hydrogen-bond donors (Lipinski definition) is 2. The predicted octanol–water partition coefficient (Wildman–Crippen LogP) is 3.61. The number of amides is 2. The number of nitrogens with zero attached hydrogens (tertiary/aromatic N) is 2. The molecule has 2 heterocycles. The molecule has 4 rings (SSSR count). The minimum atomic E-state index is -0.527. The summed E-state index contributed by atoms with van der Waals surface area (Å²) in [7, 11) is 0. The van der Waals surface area contributed by atoms with Gasteiger partial charge in [-0.2, -0.15) is 5.10 Å². The van der Waals surface area contributed by atoms with Crippen molar-refractivity contribution in [2.24, 2.45) is 0 Å². The van der Waals surface area contributed by atoms with Crippen molar-refractivity contribution in [2.45, 2.75) is 6.92 Å². The molecule has 0 bridgehead atoms. The van der Waals surface area contributed by atoms with Gasteiger partial charge >= 0.3 is 0 Å². The van der Waals surface area contributed by atoms with E-state index in [9.17, 15) is 14.0 Å². The fourth-order valence-electron chi connectivity index (χ4n) is 2.75. The Hall–Kier alpha value is -3.52. The zero-order valence-electron chi connectivity index (χ0n) is 14.8. The maximum Gasteiger partial charge on any atom is 0.279 e. The smallest absolute Gasteiger partial charge is 0.267 e. The van der Waals surface area contributed by atoms with Gasteiger partial charge in [-0.25, -0.2) is 9.07 Å². The molecule has 8 heteroatoms. The second kappa shape index (κ2) is 7.24. The second-order valence-electron chi connectivity index (χ2n) is 6.08. The molecule has 0 spiro atoms. The number of aromatic nitrogens is 2. The van der Waals surface area contributed by atoms with Crippen molar-refractivity contribution in [1.82, 2.24) is 20.6 Å². The summed E-state index contributed by atoms with van der Waals surface area (Å²) in [6.45, 7) is 1.88. The van der Waals surface area contributed by atoms with E-state index in [-0.39, 0.29) is 5.56 Å². The van der Waals surface area contributed by atoms with Crippen LogP contribution < -0.4 is 10.9 Å². The van der Waals surface area contributed by atoms with Gasteiger partial charge in [-0.1, -0.05) is 18.2 Å². The Balaban J connectivity index is 1.53. The van der Waals surface area contributed by atoms with Crippen molar-refractivity contribution in [3.8, 4) is 5.69 Å². The van der Waals surface area contributed by atoms with Crippen molar-refractivity contribution in [3.63, 3.8) is 0 Å². The van der Waals surface area contributed by atoms with Crippen LogP contribution in [0.25, 0.3) is 15.9 Å². The van der Waals surface area contributed by atoms with E-state index in [0.29, 0.717) is 4.88 Å². The number of nitrogens with one attached hydrogen (secondary N) is 2. The van der Waals surface area contributed by atoms with Gasteiger partial charge in [0.05, 0.1) is 16.3 Å². The largest absolute Gasteiger partial charge is 0.279 e. The number of halogens is 1. The van der Waals surface area contributed by atoms with E-state index < -0.39 is 17.6 Å². The molecule has 2 N–H and O–H groups in total. The van der Waals surface area contributed by atoms with E-state index in [1.807, 2.05) is 37.3 Å². The Bertz CT molecular complexity index is 1170. The van der Waals surface area contributed by atoms with Crippen LogP contribution in [0.1, 0.15) is 25.7 Å². The standard InChI is InChI=1S/C20H15FN4O2S/c1-12-16-11-17(28-20(16)25(24-12)15-5-3-2-4-6-15)19(27)23-22-18(26)13-7-9-14(21)10-8-13/h2-11H,1H3,(H,22,26)(H,23,27). The summed E-state index contributed by atoms with van der Waals surface area (Å²) < 4.78 is 14.7. The Kier molecular flexibility index (Phi) is 4.62. The molecule has 0 aliphatic carbocycles. The molecule has 0 aliphatic rings. The summed E-state index contributed by atoms with van der Waals surface area (Å²) in [6.07, 6.45) is 0. The number of thiophene rings is 1. The van der Waals surface area contributed by atoms with Crippen LogP contribution in [0, 0.1) is 12.7 Å². The van der Waals surface area contributed by atoms with E-state index in [2.05, 4.69) is 16.0 Å². The monoisotopic (exact) mass is 394 g/mol. The Morgan fingerprint density at radius 1 is 1.00 bits per heavy atom. The fraction of sp³-hybridized carbons (Fsp3) is 0.0500. The Labute approximate surface area is 163 Å². The highest BCUT2D eigenvalue weighted by molar-refractivity contribution is 7.20. The van der Waals surface area contributed by atoms with Crippen LogP contribution in [0.4, 0.5) is 4.39 Å². The van der Waals surface area contributed by atoms with E-state index >= 15 is 0 Å². The highest BCUT2D eigenvalue weighted by Crippen LogP contribution is 2.30. The summed E-state index contributed by atoms with van der Waals surface area (Å²) in [5, 5.41) is 5.42. The molecule has 2 aromatic heterocycles. The number of hydrogen-bond acceptors (Lipinski definition) is 4. The first-order valence-electron chi connectivity index (χ1n) is 8.44. The second-order valence-corrected chi connectivity index (χ2v) is 7.11. The van der Waals surface area contributed by atoms with Crippen LogP contribution in [0.5, 0.6) is 0 Å². The van der Waals surface area contributed by atoms with Gasteiger partial charge in [0.25, 0.3) is 11.8 Å². The van der Waals surface area contributed by atoms with Gasteiger partial charge in [-0.15, -0.1) is 11.3 Å². The maximum atomic E-state index is 12.9. The number of hydrazine groups is 1. The third-order valence-electron chi connectivity index (χ3n) is 4.17. The molecule has 140 valence electrons. The molecule has 0 saturated carbocycles. The molecule has 0 fully saturated rings. The minimum absolute atomic E-state index is 0.244. The zero-order chi connectivity index (χ0) is 19.7. The number of rotatable bonds is 3. The first-order valence-corrected chi connectivity index (χ1v) is 9.25. The quantitative estimate of drug-likeness (QED) is 0.521. The number of carbonyl (C=O) groups excluding carboxylic acids is 2. The lowest BCUT2D eigenvalue weighted by molar-refractivity contribution is 0.0849. The zero-order valence-corrected chi connectivity index (χ0v) is 15.6. The summed E-state index contributed by atoms with van der Waals surface area (Å²) in [5.41, 5.74) is 6.68. The molecular weight excluding hydrogens is 379 g/mol. The van der Waals surface area contributed by atoms with E-state index in [1.54, 1.807) is 10.7 Å². The topological polar surface area (TPSA) is 76.0 Å². The molecule has 0 unspecified atom stereocenters. The first-order chi connectivity index (χ1) is 13.5. The predicted molar refractivity (Wildman–Crippen MR) is 105 cm³/mol. The van der Waals surface area contributed by atoms with Crippen molar-refractivity contribution in [3.05, 3.63) is 82.6 Å². The van der Waals surface area contributed by atoms with Crippen LogP contribution in [-0.2, 0) is 0 Å². The van der Waals surface area contributed by atoms with Gasteiger partial charge in [-0.3, -0.25) is 20.4 Å². The van der Waals surface area contributed by atoms with Crippen molar-refractivity contribution in [1.29, 1.82) is 0 Å². The number of para-hydroxylation sites is 1. The van der Waals surface area contributed by atoms with E-state index in [4.69, 9.17) is 0 Å². The highest BCUT2D eigenvalue weighted by atomic mass is 32.1. The van der Waals surface area contributed by atoms with E-state index in [0.717, 1.165) is 21.6 Å². The fourth-order valence-corrected chi connectivity index (χ4v) is 3.83. The summed E-state index contributed by atoms with van der Waals surface area (Å²) in [6, 6.07) is 16.4. The summed E-state index contributed by atoms with van der Waals surface area (Å²) in [4.78, 5) is 25.8.